The summed E-state index contributed by atoms with van der Waals surface area (Å²) in [5.41, 5.74) is 1.17. The first-order valence-electron chi connectivity index (χ1n) is 12.9. The van der Waals surface area contributed by atoms with E-state index in [0.717, 1.165) is 5.30 Å². The predicted octanol–water partition coefficient (Wildman–Crippen LogP) is 6.16. The van der Waals surface area contributed by atoms with Crippen molar-refractivity contribution in [2.45, 2.75) is 47.1 Å². The van der Waals surface area contributed by atoms with E-state index in [2.05, 4.69) is 45.0 Å². The van der Waals surface area contributed by atoms with Gasteiger partial charge >= 0.3 is 11.9 Å². The van der Waals surface area contributed by atoms with E-state index in [1.54, 1.807) is 13.8 Å². The molecule has 0 unspecified atom stereocenters. The molecule has 194 valence electrons. The van der Waals surface area contributed by atoms with E-state index in [9.17, 15) is 9.59 Å². The Bertz CT molecular complexity index is 1150. The molecule has 0 fully saturated rings. The second kappa shape index (κ2) is 13.9. The Hall–Kier alpha value is -3.23. The van der Waals surface area contributed by atoms with E-state index >= 15 is 0 Å². The number of ether oxygens (including phenoxy) is 2. The SMILES string of the molecule is CCOC(=O)/C(C)=C/C[C@@H](C)[C@H](OC(=O)c1ccccc1P(c1ccccc1)c1ccccc1)C(C)C. The molecule has 0 bridgehead atoms. The van der Waals surface area contributed by atoms with E-state index in [1.807, 2.05) is 66.7 Å². The van der Waals surface area contributed by atoms with Gasteiger partial charge in [-0.1, -0.05) is 106 Å². The summed E-state index contributed by atoms with van der Waals surface area (Å²) in [6.07, 6.45) is 2.19. The van der Waals surface area contributed by atoms with Crippen molar-refractivity contribution in [2.24, 2.45) is 11.8 Å². The molecule has 0 radical (unpaired) electrons. The van der Waals surface area contributed by atoms with Crippen LogP contribution in [0.3, 0.4) is 0 Å². The first kappa shape index (κ1) is 28.3. The molecule has 0 spiro atoms. The third kappa shape index (κ3) is 7.63. The van der Waals surface area contributed by atoms with Crippen molar-refractivity contribution < 1.29 is 19.1 Å². The van der Waals surface area contributed by atoms with Crippen molar-refractivity contribution in [1.82, 2.24) is 0 Å². The van der Waals surface area contributed by atoms with Crippen LogP contribution >= 0.6 is 7.92 Å². The summed E-state index contributed by atoms with van der Waals surface area (Å²) in [6.45, 7) is 10.1. The summed E-state index contributed by atoms with van der Waals surface area (Å²) in [6, 6.07) is 28.5. The van der Waals surface area contributed by atoms with Gasteiger partial charge in [0.05, 0.1) is 12.2 Å². The average Bonchev–Trinajstić information content (AvgIpc) is 2.91. The molecule has 0 saturated heterocycles. The van der Waals surface area contributed by atoms with Gasteiger partial charge in [0, 0.05) is 5.57 Å². The molecule has 3 aromatic rings. The number of allylic oxidation sites excluding steroid dienone is 1. The lowest BCUT2D eigenvalue weighted by Crippen LogP contribution is -2.33. The van der Waals surface area contributed by atoms with E-state index in [1.165, 1.54) is 10.6 Å². The van der Waals surface area contributed by atoms with Crippen molar-refractivity contribution in [3.8, 4) is 0 Å². The summed E-state index contributed by atoms with van der Waals surface area (Å²) in [7, 11) is -0.943. The average molecular weight is 517 g/mol. The molecule has 0 aliphatic heterocycles. The molecule has 37 heavy (non-hydrogen) atoms. The number of benzene rings is 3. The minimum atomic E-state index is -0.943. The molecule has 0 aliphatic rings. The van der Waals surface area contributed by atoms with Crippen LogP contribution in [0, 0.1) is 11.8 Å². The zero-order valence-corrected chi connectivity index (χ0v) is 23.3. The van der Waals surface area contributed by atoms with Gasteiger partial charge in [-0.25, -0.2) is 9.59 Å². The lowest BCUT2D eigenvalue weighted by atomic mass is 9.91. The fourth-order valence-electron chi connectivity index (χ4n) is 4.34. The number of carbonyl (C=O) groups excluding carboxylic acids is 2. The molecule has 0 aliphatic carbocycles. The maximum Gasteiger partial charge on any atom is 0.339 e. The summed E-state index contributed by atoms with van der Waals surface area (Å²) in [5, 5.41) is 3.34. The first-order chi connectivity index (χ1) is 17.8. The number of hydrogen-bond donors (Lipinski definition) is 0. The van der Waals surface area contributed by atoms with Gasteiger partial charge in [-0.05, 0) is 62.0 Å². The van der Waals surface area contributed by atoms with Crippen LogP contribution in [0.4, 0.5) is 0 Å². The fourth-order valence-corrected chi connectivity index (χ4v) is 6.78. The van der Waals surface area contributed by atoms with Crippen LogP contribution in [-0.2, 0) is 14.3 Å². The van der Waals surface area contributed by atoms with Crippen LogP contribution in [0.2, 0.25) is 0 Å². The van der Waals surface area contributed by atoms with Crippen molar-refractivity contribution in [2.75, 3.05) is 6.61 Å². The number of hydrogen-bond acceptors (Lipinski definition) is 4. The van der Waals surface area contributed by atoms with E-state index in [-0.39, 0.29) is 29.9 Å². The highest BCUT2D eigenvalue weighted by molar-refractivity contribution is 7.80. The third-order valence-corrected chi connectivity index (χ3v) is 8.75. The number of rotatable bonds is 11. The Morgan fingerprint density at radius 1 is 0.838 bits per heavy atom. The zero-order valence-electron chi connectivity index (χ0n) is 22.4. The molecule has 0 amide bonds. The molecule has 4 nitrogen and oxygen atoms in total. The minimum absolute atomic E-state index is 0.0326. The van der Waals surface area contributed by atoms with Gasteiger partial charge < -0.3 is 9.47 Å². The molecular formula is C32H37O4P. The van der Waals surface area contributed by atoms with Gasteiger partial charge in [-0.3, -0.25) is 0 Å². The maximum atomic E-state index is 13.7. The highest BCUT2D eigenvalue weighted by Crippen LogP contribution is 2.34. The highest BCUT2D eigenvalue weighted by Gasteiger charge is 2.28. The van der Waals surface area contributed by atoms with Crippen molar-refractivity contribution in [3.05, 3.63) is 102 Å². The van der Waals surface area contributed by atoms with Crippen molar-refractivity contribution >= 4 is 35.8 Å². The smallest absolute Gasteiger partial charge is 0.339 e. The monoisotopic (exact) mass is 516 g/mol. The molecule has 5 heteroatoms. The third-order valence-electron chi connectivity index (χ3n) is 6.25. The predicted molar refractivity (Wildman–Crippen MR) is 153 cm³/mol. The van der Waals surface area contributed by atoms with E-state index < -0.39 is 7.92 Å². The first-order valence-corrected chi connectivity index (χ1v) is 14.2. The highest BCUT2D eigenvalue weighted by atomic mass is 31.1. The zero-order chi connectivity index (χ0) is 26.8. The minimum Gasteiger partial charge on any atom is -0.463 e. The Labute approximate surface area is 222 Å². The summed E-state index contributed by atoms with van der Waals surface area (Å²) in [5.74, 6) is -0.471. The summed E-state index contributed by atoms with van der Waals surface area (Å²) in [4.78, 5) is 25.7. The Kier molecular flexibility index (Phi) is 10.7. The summed E-state index contributed by atoms with van der Waals surface area (Å²) >= 11 is 0. The molecule has 0 heterocycles. The van der Waals surface area contributed by atoms with Crippen LogP contribution in [0.15, 0.2) is 96.6 Å². The Morgan fingerprint density at radius 3 is 1.92 bits per heavy atom. The topological polar surface area (TPSA) is 52.6 Å². The lowest BCUT2D eigenvalue weighted by Gasteiger charge is -2.28. The number of esters is 2. The van der Waals surface area contributed by atoms with Crippen LogP contribution in [-0.4, -0.2) is 24.6 Å². The fraction of sp³-hybridized carbons (Fsp3) is 0.312. The van der Waals surface area contributed by atoms with Gasteiger partial charge in [0.2, 0.25) is 0 Å². The van der Waals surface area contributed by atoms with Gasteiger partial charge in [0.25, 0.3) is 0 Å². The van der Waals surface area contributed by atoms with Gasteiger partial charge in [0.1, 0.15) is 6.10 Å². The molecule has 0 N–H and O–H groups in total. The van der Waals surface area contributed by atoms with Crippen molar-refractivity contribution in [1.29, 1.82) is 0 Å². The van der Waals surface area contributed by atoms with Gasteiger partial charge in [-0.2, -0.15) is 0 Å². The van der Waals surface area contributed by atoms with Crippen LogP contribution in [0.5, 0.6) is 0 Å². The molecule has 3 aromatic carbocycles. The molecular weight excluding hydrogens is 479 g/mol. The Morgan fingerprint density at radius 2 is 1.38 bits per heavy atom. The van der Waals surface area contributed by atoms with Crippen molar-refractivity contribution in [3.63, 3.8) is 0 Å². The normalized spacial score (nSPS) is 13.3. The molecule has 2 atom stereocenters. The second-order valence-electron chi connectivity index (χ2n) is 9.46. The molecule has 0 saturated carbocycles. The standard InChI is InChI=1S/C32H37O4P/c1-6-35-31(33)25(5)22-21-24(4)30(23(2)3)36-32(34)28-19-13-14-20-29(28)37(26-15-9-7-10-16-26)27-17-11-8-12-18-27/h7-20,22-24,30H,6,21H2,1-5H3/b25-22+/t24-,30-/m1/s1. The van der Waals surface area contributed by atoms with E-state index in [0.29, 0.717) is 24.2 Å². The Balaban J connectivity index is 1.90. The number of carbonyl (C=O) groups is 2. The lowest BCUT2D eigenvalue weighted by molar-refractivity contribution is -0.138. The maximum absolute atomic E-state index is 13.7. The molecule has 3 rings (SSSR count). The summed E-state index contributed by atoms with van der Waals surface area (Å²) < 4.78 is 11.3. The molecule has 0 aromatic heterocycles. The van der Waals surface area contributed by atoms with Crippen LogP contribution in [0.25, 0.3) is 0 Å². The van der Waals surface area contributed by atoms with Gasteiger partial charge in [0.15, 0.2) is 0 Å². The largest absolute Gasteiger partial charge is 0.463 e. The quantitative estimate of drug-likeness (QED) is 0.174. The van der Waals surface area contributed by atoms with Crippen LogP contribution in [0.1, 0.15) is 51.4 Å². The van der Waals surface area contributed by atoms with E-state index in [4.69, 9.17) is 9.47 Å². The van der Waals surface area contributed by atoms with Gasteiger partial charge in [-0.15, -0.1) is 0 Å². The second-order valence-corrected chi connectivity index (χ2v) is 11.6. The van der Waals surface area contributed by atoms with Crippen LogP contribution < -0.4 is 15.9 Å².